The van der Waals surface area contributed by atoms with E-state index in [9.17, 15) is 9.59 Å². The van der Waals surface area contributed by atoms with Crippen molar-refractivity contribution < 1.29 is 28.5 Å². The van der Waals surface area contributed by atoms with Crippen LogP contribution in [0.5, 0.6) is 23.0 Å². The Bertz CT molecular complexity index is 1210. The first-order chi connectivity index (χ1) is 14.6. The Balaban J connectivity index is 1.36. The highest BCUT2D eigenvalue weighted by molar-refractivity contribution is 9.10. The summed E-state index contributed by atoms with van der Waals surface area (Å²) in [6.45, 7) is 0.179. The lowest BCUT2D eigenvalue weighted by Crippen LogP contribution is -2.08. The fourth-order valence-electron chi connectivity index (χ4n) is 3.14. The molecular formula is C23H13BrO6. The summed E-state index contributed by atoms with van der Waals surface area (Å²) in [7, 11) is 0. The second kappa shape index (κ2) is 7.35. The first-order valence-corrected chi connectivity index (χ1v) is 9.82. The van der Waals surface area contributed by atoms with Crippen LogP contribution in [0.3, 0.4) is 0 Å². The average Bonchev–Trinajstić information content (AvgIpc) is 3.32. The molecule has 0 radical (unpaired) electrons. The van der Waals surface area contributed by atoms with Crippen LogP contribution in [0.2, 0.25) is 0 Å². The maximum absolute atomic E-state index is 12.7. The Morgan fingerprint density at radius 3 is 2.57 bits per heavy atom. The zero-order chi connectivity index (χ0) is 20.7. The molecule has 5 rings (SSSR count). The molecule has 0 amide bonds. The van der Waals surface area contributed by atoms with Crippen molar-refractivity contribution in [3.05, 3.63) is 87.6 Å². The largest absolute Gasteiger partial charge is 0.454 e. The van der Waals surface area contributed by atoms with E-state index in [1.807, 2.05) is 6.07 Å². The lowest BCUT2D eigenvalue weighted by atomic mass is 10.1. The predicted molar refractivity (Wildman–Crippen MR) is 111 cm³/mol. The molecule has 0 saturated carbocycles. The summed E-state index contributed by atoms with van der Waals surface area (Å²) in [6, 6.07) is 16.9. The van der Waals surface area contributed by atoms with Gasteiger partial charge in [0.2, 0.25) is 12.6 Å². The van der Waals surface area contributed by atoms with Gasteiger partial charge in [0.1, 0.15) is 11.5 Å². The molecule has 6 nitrogen and oxygen atoms in total. The number of carbonyl (C=O) groups is 2. The molecule has 0 unspecified atom stereocenters. The maximum atomic E-state index is 12.7. The Morgan fingerprint density at radius 2 is 1.73 bits per heavy atom. The molecule has 0 atom stereocenters. The van der Waals surface area contributed by atoms with Crippen molar-refractivity contribution in [1.82, 2.24) is 0 Å². The van der Waals surface area contributed by atoms with E-state index in [1.165, 1.54) is 6.07 Å². The van der Waals surface area contributed by atoms with Gasteiger partial charge in [0.25, 0.3) is 0 Å². The molecule has 148 valence electrons. The molecule has 0 N–H and O–H groups in total. The van der Waals surface area contributed by atoms with Gasteiger partial charge >= 0.3 is 5.97 Å². The van der Waals surface area contributed by atoms with Gasteiger partial charge in [0.15, 0.2) is 17.3 Å². The van der Waals surface area contributed by atoms with Gasteiger partial charge in [-0.1, -0.05) is 22.0 Å². The molecule has 0 saturated heterocycles. The fraction of sp³-hybridized carbons (Fsp3) is 0.0435. The van der Waals surface area contributed by atoms with Gasteiger partial charge < -0.3 is 18.9 Å². The minimum Gasteiger partial charge on any atom is -0.454 e. The van der Waals surface area contributed by atoms with E-state index in [4.69, 9.17) is 18.9 Å². The second-order valence-electron chi connectivity index (χ2n) is 6.61. The normalized spacial score (nSPS) is 15.1. The van der Waals surface area contributed by atoms with Crippen LogP contribution in [0.1, 0.15) is 26.3 Å². The van der Waals surface area contributed by atoms with E-state index in [1.54, 1.807) is 54.6 Å². The topological polar surface area (TPSA) is 71.1 Å². The number of allylic oxidation sites excluding steroid dienone is 1. The summed E-state index contributed by atoms with van der Waals surface area (Å²) in [5.41, 5.74) is 1.57. The third-order valence-electron chi connectivity index (χ3n) is 4.63. The molecule has 0 aliphatic carbocycles. The van der Waals surface area contributed by atoms with Crippen molar-refractivity contribution in [1.29, 1.82) is 0 Å². The van der Waals surface area contributed by atoms with Crippen molar-refractivity contribution in [2.75, 3.05) is 6.79 Å². The number of ketones is 1. The third-order valence-corrected chi connectivity index (χ3v) is 5.15. The second-order valence-corrected chi connectivity index (χ2v) is 7.52. The van der Waals surface area contributed by atoms with E-state index in [0.29, 0.717) is 34.1 Å². The molecule has 3 aromatic rings. The quantitative estimate of drug-likeness (QED) is 0.308. The van der Waals surface area contributed by atoms with Gasteiger partial charge in [-0.2, -0.15) is 0 Å². The van der Waals surface area contributed by atoms with Gasteiger partial charge in [-0.15, -0.1) is 0 Å². The molecule has 2 heterocycles. The number of rotatable bonds is 3. The number of halogens is 1. The van der Waals surface area contributed by atoms with Crippen LogP contribution < -0.4 is 18.9 Å². The number of hydrogen-bond acceptors (Lipinski definition) is 6. The summed E-state index contributed by atoms with van der Waals surface area (Å²) in [6.07, 6.45) is 1.64. The monoisotopic (exact) mass is 464 g/mol. The first kappa shape index (κ1) is 18.4. The van der Waals surface area contributed by atoms with Crippen LogP contribution in [0.25, 0.3) is 6.08 Å². The van der Waals surface area contributed by atoms with Crippen LogP contribution in [-0.2, 0) is 0 Å². The summed E-state index contributed by atoms with van der Waals surface area (Å²) < 4.78 is 22.7. The Kier molecular flexibility index (Phi) is 4.52. The average molecular weight is 465 g/mol. The number of benzene rings is 3. The lowest BCUT2D eigenvalue weighted by molar-refractivity contribution is 0.0734. The highest BCUT2D eigenvalue weighted by Gasteiger charge is 2.28. The van der Waals surface area contributed by atoms with Gasteiger partial charge in [0.05, 0.1) is 11.1 Å². The molecule has 0 aromatic heterocycles. The van der Waals surface area contributed by atoms with E-state index in [0.717, 1.165) is 10.0 Å². The Labute approximate surface area is 179 Å². The molecule has 2 aliphatic heterocycles. The lowest BCUT2D eigenvalue weighted by Gasteiger charge is -2.06. The molecule has 2 aliphatic rings. The van der Waals surface area contributed by atoms with Crippen LogP contribution in [0.15, 0.2) is 70.9 Å². The first-order valence-electron chi connectivity index (χ1n) is 9.02. The molecule has 3 aromatic carbocycles. The van der Waals surface area contributed by atoms with Crippen LogP contribution in [-0.4, -0.2) is 18.5 Å². The van der Waals surface area contributed by atoms with Crippen LogP contribution >= 0.6 is 15.9 Å². The van der Waals surface area contributed by atoms with Crippen molar-refractivity contribution >= 4 is 33.8 Å². The Morgan fingerprint density at radius 1 is 0.933 bits per heavy atom. The predicted octanol–water partition coefficient (Wildman–Crippen LogP) is 5.01. The van der Waals surface area contributed by atoms with Crippen LogP contribution in [0.4, 0.5) is 0 Å². The van der Waals surface area contributed by atoms with E-state index >= 15 is 0 Å². The zero-order valence-electron chi connectivity index (χ0n) is 15.4. The molecular weight excluding hydrogens is 452 g/mol. The van der Waals surface area contributed by atoms with E-state index in [-0.39, 0.29) is 18.3 Å². The van der Waals surface area contributed by atoms with Gasteiger partial charge in [-0.25, -0.2) is 4.79 Å². The number of Topliss-reactive ketones (excluding diaryl/α,β-unsaturated/α-hetero) is 1. The van der Waals surface area contributed by atoms with Crippen molar-refractivity contribution in [3.63, 3.8) is 0 Å². The summed E-state index contributed by atoms with van der Waals surface area (Å²) in [5, 5.41) is 0. The maximum Gasteiger partial charge on any atom is 0.343 e. The summed E-state index contributed by atoms with van der Waals surface area (Å²) in [5.74, 6) is 1.36. The molecule has 0 bridgehead atoms. The standard InChI is InChI=1S/C23H13BrO6/c24-15-4-2-14(3-5-15)23(26)29-16-6-7-17-19(11-16)30-21(22(17)25)10-13-1-8-18-20(9-13)28-12-27-18/h1-11H,12H2. The zero-order valence-corrected chi connectivity index (χ0v) is 17.0. The molecule has 0 fully saturated rings. The number of esters is 1. The minimum absolute atomic E-state index is 0.179. The summed E-state index contributed by atoms with van der Waals surface area (Å²) >= 11 is 3.33. The number of fused-ring (bicyclic) bond motifs is 2. The highest BCUT2D eigenvalue weighted by Crippen LogP contribution is 2.37. The van der Waals surface area contributed by atoms with Crippen LogP contribution in [0, 0.1) is 0 Å². The van der Waals surface area contributed by atoms with E-state index < -0.39 is 5.97 Å². The van der Waals surface area contributed by atoms with Crippen molar-refractivity contribution in [2.45, 2.75) is 0 Å². The minimum atomic E-state index is -0.497. The molecule has 7 heteroatoms. The Hall–Kier alpha value is -3.58. The fourth-order valence-corrected chi connectivity index (χ4v) is 3.40. The summed E-state index contributed by atoms with van der Waals surface area (Å²) in [4.78, 5) is 25.0. The van der Waals surface area contributed by atoms with Crippen molar-refractivity contribution in [3.8, 4) is 23.0 Å². The third kappa shape index (κ3) is 3.44. The van der Waals surface area contributed by atoms with Gasteiger partial charge in [-0.05, 0) is 60.2 Å². The van der Waals surface area contributed by atoms with Gasteiger partial charge in [0, 0.05) is 10.5 Å². The molecule has 30 heavy (non-hydrogen) atoms. The van der Waals surface area contributed by atoms with Crippen molar-refractivity contribution in [2.24, 2.45) is 0 Å². The number of carbonyl (C=O) groups excluding carboxylic acids is 2. The molecule has 0 spiro atoms. The highest BCUT2D eigenvalue weighted by atomic mass is 79.9. The SMILES string of the molecule is O=C(Oc1ccc2c(c1)OC(=Cc1ccc3c(c1)OCO3)C2=O)c1ccc(Br)cc1. The number of hydrogen-bond donors (Lipinski definition) is 0. The van der Waals surface area contributed by atoms with Gasteiger partial charge in [-0.3, -0.25) is 4.79 Å². The van der Waals surface area contributed by atoms with E-state index in [2.05, 4.69) is 15.9 Å². The smallest absolute Gasteiger partial charge is 0.343 e. The number of ether oxygens (including phenoxy) is 4.